The maximum absolute atomic E-state index is 12.3. The minimum atomic E-state index is -3.84. The van der Waals surface area contributed by atoms with Crippen LogP contribution in [0.25, 0.3) is 0 Å². The molecule has 6 nitrogen and oxygen atoms in total. The van der Waals surface area contributed by atoms with E-state index in [2.05, 4.69) is 4.98 Å². The number of halogens is 1. The van der Waals surface area contributed by atoms with Gasteiger partial charge in [0.2, 0.25) is 10.0 Å². The summed E-state index contributed by atoms with van der Waals surface area (Å²) in [5.74, 6) is 0. The van der Waals surface area contributed by atoms with Crippen LogP contribution in [0.2, 0.25) is 5.15 Å². The lowest BCUT2D eigenvalue weighted by molar-refractivity contribution is 0.424. The first-order valence-electron chi connectivity index (χ1n) is 5.38. The van der Waals surface area contributed by atoms with Crippen molar-refractivity contribution in [3.63, 3.8) is 0 Å². The van der Waals surface area contributed by atoms with Crippen molar-refractivity contribution < 1.29 is 8.42 Å². The number of nitrogens with zero attached hydrogens (tertiary/aromatic N) is 4. The van der Waals surface area contributed by atoms with Crippen LogP contribution in [0.3, 0.4) is 0 Å². The second-order valence-electron chi connectivity index (χ2n) is 3.51. The molecule has 1 heterocycles. The smallest absolute Gasteiger partial charge is 0.243 e. The topological polar surface area (TPSA) is 97.9 Å². The Balaban J connectivity index is 3.09. The minimum absolute atomic E-state index is 0.0196. The van der Waals surface area contributed by atoms with Crippen LogP contribution in [0.4, 0.5) is 0 Å². The van der Waals surface area contributed by atoms with Gasteiger partial charge in [-0.2, -0.15) is 14.8 Å². The highest BCUT2D eigenvalue weighted by Gasteiger charge is 2.26. The highest BCUT2D eigenvalue weighted by atomic mass is 35.5. The molecular formula is C11H11ClN4O2S. The molecule has 8 heteroatoms. The van der Waals surface area contributed by atoms with Crippen LogP contribution in [-0.4, -0.2) is 30.8 Å². The highest BCUT2D eigenvalue weighted by molar-refractivity contribution is 7.89. The summed E-state index contributed by atoms with van der Waals surface area (Å²) < 4.78 is 25.8. The van der Waals surface area contributed by atoms with Crippen molar-refractivity contribution in [3.05, 3.63) is 23.5 Å². The lowest BCUT2D eigenvalue weighted by Crippen LogP contribution is -2.33. The van der Waals surface area contributed by atoms with Crippen LogP contribution in [0, 0.1) is 22.7 Å². The fourth-order valence-electron chi connectivity index (χ4n) is 1.40. The lowest BCUT2D eigenvalue weighted by atomic mass is 10.4. The molecular weight excluding hydrogens is 288 g/mol. The second-order valence-corrected chi connectivity index (χ2v) is 5.78. The maximum Gasteiger partial charge on any atom is 0.246 e. The van der Waals surface area contributed by atoms with Gasteiger partial charge in [-0.25, -0.2) is 13.4 Å². The zero-order valence-corrected chi connectivity index (χ0v) is 11.5. The molecule has 0 unspecified atom stereocenters. The normalized spacial score (nSPS) is 10.9. The molecule has 0 aliphatic carbocycles. The summed E-state index contributed by atoms with van der Waals surface area (Å²) in [7, 11) is -3.84. The quantitative estimate of drug-likeness (QED) is 0.742. The van der Waals surface area contributed by atoms with Crippen LogP contribution < -0.4 is 0 Å². The van der Waals surface area contributed by atoms with Gasteiger partial charge in [-0.3, -0.25) is 0 Å². The van der Waals surface area contributed by atoms with E-state index in [-0.39, 0.29) is 36.0 Å². The maximum atomic E-state index is 12.3. The summed E-state index contributed by atoms with van der Waals surface area (Å²) in [5, 5.41) is 17.0. The number of hydrogen-bond acceptors (Lipinski definition) is 5. The Labute approximate surface area is 116 Å². The number of hydrogen-bond donors (Lipinski definition) is 0. The zero-order valence-electron chi connectivity index (χ0n) is 9.95. The molecule has 0 saturated carbocycles. The molecule has 0 fully saturated rings. The van der Waals surface area contributed by atoms with Crippen LogP contribution in [-0.2, 0) is 10.0 Å². The Bertz CT molecular complexity index is 600. The molecule has 0 aromatic carbocycles. The molecule has 1 aromatic rings. The molecule has 0 bridgehead atoms. The molecule has 19 heavy (non-hydrogen) atoms. The number of aromatic nitrogens is 1. The van der Waals surface area contributed by atoms with Gasteiger partial charge in [0.15, 0.2) is 0 Å². The van der Waals surface area contributed by atoms with E-state index in [9.17, 15) is 8.42 Å². The predicted octanol–water partition coefficient (Wildman–Crippen LogP) is 1.55. The molecule has 1 aromatic heterocycles. The standard InChI is InChI=1S/C11H11ClN4O2S/c12-11-10(4-1-7-15-11)19(17,18)16(8-2-5-13)9-3-6-14/h1,4,7H,2-3,8-9H2. The Hall–Kier alpha value is -1.67. The van der Waals surface area contributed by atoms with Gasteiger partial charge in [0.05, 0.1) is 12.1 Å². The van der Waals surface area contributed by atoms with Crippen molar-refractivity contribution in [3.8, 4) is 12.1 Å². The van der Waals surface area contributed by atoms with Crippen molar-refractivity contribution >= 4 is 21.6 Å². The summed E-state index contributed by atoms with van der Waals surface area (Å²) in [5.41, 5.74) is 0. The SMILES string of the molecule is N#CCCN(CCC#N)S(=O)(=O)c1cccnc1Cl. The van der Waals surface area contributed by atoms with E-state index in [1.807, 2.05) is 12.1 Å². The number of pyridine rings is 1. The van der Waals surface area contributed by atoms with Crippen molar-refractivity contribution in [2.45, 2.75) is 17.7 Å². The van der Waals surface area contributed by atoms with E-state index in [1.54, 1.807) is 0 Å². The first-order valence-corrected chi connectivity index (χ1v) is 7.20. The first-order chi connectivity index (χ1) is 9.04. The van der Waals surface area contributed by atoms with E-state index in [1.165, 1.54) is 18.3 Å². The van der Waals surface area contributed by atoms with Gasteiger partial charge in [-0.05, 0) is 12.1 Å². The molecule has 0 atom stereocenters. The monoisotopic (exact) mass is 298 g/mol. The fourth-order valence-corrected chi connectivity index (χ4v) is 3.27. The molecule has 0 amide bonds. The fraction of sp³-hybridized carbons (Fsp3) is 0.364. The van der Waals surface area contributed by atoms with Gasteiger partial charge in [-0.15, -0.1) is 0 Å². The van der Waals surface area contributed by atoms with Crippen molar-refractivity contribution in [2.75, 3.05) is 13.1 Å². The number of nitriles is 2. The van der Waals surface area contributed by atoms with Crippen LogP contribution in [0.5, 0.6) is 0 Å². The molecule has 0 aliphatic heterocycles. The molecule has 0 saturated heterocycles. The molecule has 1 rings (SSSR count). The molecule has 0 N–H and O–H groups in total. The first kappa shape index (κ1) is 15.4. The summed E-state index contributed by atoms with van der Waals surface area (Å²) in [6, 6.07) is 6.56. The van der Waals surface area contributed by atoms with Gasteiger partial charge in [0.25, 0.3) is 0 Å². The molecule has 0 spiro atoms. The van der Waals surface area contributed by atoms with E-state index < -0.39 is 10.0 Å². The molecule has 0 radical (unpaired) electrons. The molecule has 100 valence electrons. The van der Waals surface area contributed by atoms with Gasteiger partial charge in [0.1, 0.15) is 10.0 Å². The number of rotatable bonds is 6. The van der Waals surface area contributed by atoms with Crippen molar-refractivity contribution in [1.29, 1.82) is 10.5 Å². The lowest BCUT2D eigenvalue weighted by Gasteiger charge is -2.20. The summed E-state index contributed by atoms with van der Waals surface area (Å²) in [6.45, 7) is 0.0392. The van der Waals surface area contributed by atoms with Crippen LogP contribution in [0.1, 0.15) is 12.8 Å². The molecule has 0 aliphatic rings. The van der Waals surface area contributed by atoms with Crippen LogP contribution >= 0.6 is 11.6 Å². The number of sulfonamides is 1. The Morgan fingerprint density at radius 3 is 2.32 bits per heavy atom. The van der Waals surface area contributed by atoms with E-state index >= 15 is 0 Å². The average molecular weight is 299 g/mol. The third-order valence-corrected chi connectivity index (χ3v) is 4.63. The van der Waals surface area contributed by atoms with Crippen molar-refractivity contribution in [1.82, 2.24) is 9.29 Å². The summed E-state index contributed by atoms with van der Waals surface area (Å²) in [4.78, 5) is 3.60. The average Bonchev–Trinajstić information content (AvgIpc) is 2.39. The Kier molecular flexibility index (Phi) is 5.71. The van der Waals surface area contributed by atoms with Crippen molar-refractivity contribution in [2.24, 2.45) is 0 Å². The van der Waals surface area contributed by atoms with E-state index in [0.29, 0.717) is 0 Å². The van der Waals surface area contributed by atoms with Gasteiger partial charge < -0.3 is 0 Å². The third-order valence-electron chi connectivity index (χ3n) is 2.29. The van der Waals surface area contributed by atoms with E-state index in [0.717, 1.165) is 4.31 Å². The zero-order chi connectivity index (χ0) is 14.3. The minimum Gasteiger partial charge on any atom is -0.243 e. The summed E-state index contributed by atoms with van der Waals surface area (Å²) >= 11 is 5.77. The van der Waals surface area contributed by atoms with Gasteiger partial charge in [-0.1, -0.05) is 11.6 Å². The summed E-state index contributed by atoms with van der Waals surface area (Å²) in [6.07, 6.45) is 1.47. The second kappa shape index (κ2) is 7.05. The van der Waals surface area contributed by atoms with Crippen LogP contribution in [0.15, 0.2) is 23.2 Å². The van der Waals surface area contributed by atoms with Gasteiger partial charge in [0, 0.05) is 32.1 Å². The third kappa shape index (κ3) is 3.90. The largest absolute Gasteiger partial charge is 0.246 e. The highest BCUT2D eigenvalue weighted by Crippen LogP contribution is 2.22. The Morgan fingerprint density at radius 1 is 1.26 bits per heavy atom. The predicted molar refractivity (Wildman–Crippen MR) is 68.5 cm³/mol. The van der Waals surface area contributed by atoms with E-state index in [4.69, 9.17) is 22.1 Å². The Morgan fingerprint density at radius 2 is 1.84 bits per heavy atom. The van der Waals surface area contributed by atoms with Gasteiger partial charge >= 0.3 is 0 Å².